The molecule has 0 aliphatic carbocycles. The SMILES string of the molecule is COC(=O)C1OC(O)C(O)C(O)C1O.[Na]. The van der Waals surface area contributed by atoms with Crippen LogP contribution in [0.15, 0.2) is 0 Å². The van der Waals surface area contributed by atoms with Crippen molar-refractivity contribution in [2.24, 2.45) is 0 Å². The molecule has 8 heteroatoms. The Bertz CT molecular complexity index is 223. The quantitative estimate of drug-likeness (QED) is 0.274. The van der Waals surface area contributed by atoms with E-state index in [1.807, 2.05) is 0 Å². The van der Waals surface area contributed by atoms with Gasteiger partial charge in [0.25, 0.3) is 0 Å². The van der Waals surface area contributed by atoms with E-state index < -0.39 is 36.7 Å². The molecule has 5 atom stereocenters. The number of carbonyl (C=O) groups is 1. The Kier molecular flexibility index (Phi) is 6.23. The molecule has 0 spiro atoms. The second-order valence-electron chi connectivity index (χ2n) is 2.94. The molecule has 0 amide bonds. The van der Waals surface area contributed by atoms with Crippen LogP contribution in [-0.4, -0.2) is 93.8 Å². The first-order valence-electron chi connectivity index (χ1n) is 3.94. The van der Waals surface area contributed by atoms with Crippen LogP contribution in [0.25, 0.3) is 0 Å². The molecule has 0 aromatic heterocycles. The molecule has 0 aromatic carbocycles. The summed E-state index contributed by atoms with van der Waals surface area (Å²) < 4.78 is 8.82. The summed E-state index contributed by atoms with van der Waals surface area (Å²) in [4.78, 5) is 11.0. The summed E-state index contributed by atoms with van der Waals surface area (Å²) in [6.07, 6.45) is -8.14. The number of carbonyl (C=O) groups excluding carboxylic acids is 1. The summed E-state index contributed by atoms with van der Waals surface area (Å²) in [5, 5.41) is 36.5. The fourth-order valence-electron chi connectivity index (χ4n) is 1.17. The van der Waals surface area contributed by atoms with Crippen LogP contribution in [0.5, 0.6) is 0 Å². The van der Waals surface area contributed by atoms with Gasteiger partial charge in [0.05, 0.1) is 7.11 Å². The fraction of sp³-hybridized carbons (Fsp3) is 0.857. The van der Waals surface area contributed by atoms with Crippen molar-refractivity contribution in [2.75, 3.05) is 7.11 Å². The zero-order valence-corrected chi connectivity index (χ0v) is 10.4. The fourth-order valence-corrected chi connectivity index (χ4v) is 1.17. The molecular formula is C7H12NaO7. The molecule has 0 bridgehead atoms. The summed E-state index contributed by atoms with van der Waals surface area (Å²) in [5.74, 6) is -0.928. The van der Waals surface area contributed by atoms with Crippen molar-refractivity contribution in [2.45, 2.75) is 30.7 Å². The molecule has 1 radical (unpaired) electrons. The van der Waals surface area contributed by atoms with Crippen molar-refractivity contribution in [1.29, 1.82) is 0 Å². The van der Waals surface area contributed by atoms with Gasteiger partial charge >= 0.3 is 5.97 Å². The van der Waals surface area contributed by atoms with Gasteiger partial charge in [0.1, 0.15) is 18.3 Å². The third-order valence-corrected chi connectivity index (χ3v) is 2.02. The zero-order valence-electron chi connectivity index (χ0n) is 8.40. The van der Waals surface area contributed by atoms with Gasteiger partial charge < -0.3 is 29.9 Å². The van der Waals surface area contributed by atoms with Crippen molar-refractivity contribution < 1.29 is 34.7 Å². The number of methoxy groups -OCH3 is 1. The second kappa shape index (κ2) is 6.12. The topological polar surface area (TPSA) is 116 Å². The van der Waals surface area contributed by atoms with Crippen LogP contribution >= 0.6 is 0 Å². The predicted octanol–water partition coefficient (Wildman–Crippen LogP) is -3.42. The second-order valence-corrected chi connectivity index (χ2v) is 2.94. The van der Waals surface area contributed by atoms with E-state index in [4.69, 9.17) is 10.2 Å². The van der Waals surface area contributed by atoms with Crippen LogP contribution in [0, 0.1) is 0 Å². The third-order valence-electron chi connectivity index (χ3n) is 2.02. The van der Waals surface area contributed by atoms with Gasteiger partial charge in [0.2, 0.25) is 0 Å². The Hall–Kier alpha value is 0.270. The van der Waals surface area contributed by atoms with Gasteiger partial charge in [0, 0.05) is 29.6 Å². The molecule has 1 heterocycles. The van der Waals surface area contributed by atoms with Crippen LogP contribution in [0.2, 0.25) is 0 Å². The monoisotopic (exact) mass is 231 g/mol. The van der Waals surface area contributed by atoms with E-state index >= 15 is 0 Å². The van der Waals surface area contributed by atoms with Gasteiger partial charge in [-0.25, -0.2) is 4.79 Å². The van der Waals surface area contributed by atoms with Gasteiger partial charge in [-0.05, 0) is 0 Å². The van der Waals surface area contributed by atoms with Crippen LogP contribution in [-0.2, 0) is 14.3 Å². The van der Waals surface area contributed by atoms with E-state index in [1.54, 1.807) is 0 Å². The number of aliphatic hydroxyl groups is 4. The number of ether oxygens (including phenoxy) is 2. The van der Waals surface area contributed by atoms with Crippen molar-refractivity contribution in [3.63, 3.8) is 0 Å². The standard InChI is InChI=1S/C7H12O7.Na/c1-13-7(12)5-3(9)2(8)4(10)6(11)14-5;/h2-6,8-11H,1H3;. The maximum atomic E-state index is 11.0. The van der Waals surface area contributed by atoms with Crippen LogP contribution in [0.1, 0.15) is 0 Å². The van der Waals surface area contributed by atoms with Crippen molar-refractivity contribution in [3.05, 3.63) is 0 Å². The van der Waals surface area contributed by atoms with Crippen molar-refractivity contribution >= 4 is 35.5 Å². The van der Waals surface area contributed by atoms with Gasteiger partial charge in [-0.3, -0.25) is 0 Å². The zero-order chi connectivity index (χ0) is 10.9. The van der Waals surface area contributed by atoms with Gasteiger partial charge in [-0.2, -0.15) is 0 Å². The van der Waals surface area contributed by atoms with Gasteiger partial charge in [-0.15, -0.1) is 0 Å². The maximum absolute atomic E-state index is 11.0. The van der Waals surface area contributed by atoms with Crippen molar-refractivity contribution in [3.8, 4) is 0 Å². The molecule has 15 heavy (non-hydrogen) atoms. The molecular weight excluding hydrogens is 219 g/mol. The van der Waals surface area contributed by atoms with Gasteiger partial charge in [0.15, 0.2) is 12.4 Å². The Morgan fingerprint density at radius 1 is 1.13 bits per heavy atom. The predicted molar refractivity (Wildman–Crippen MR) is 46.7 cm³/mol. The molecule has 0 saturated carbocycles. The van der Waals surface area contributed by atoms with E-state index in [1.165, 1.54) is 0 Å². The van der Waals surface area contributed by atoms with E-state index in [0.717, 1.165) is 7.11 Å². The minimum Gasteiger partial charge on any atom is -0.467 e. The molecule has 0 aromatic rings. The third kappa shape index (κ3) is 3.11. The Morgan fingerprint density at radius 3 is 2.13 bits per heavy atom. The molecule has 5 unspecified atom stereocenters. The molecule has 7 nitrogen and oxygen atoms in total. The Balaban J connectivity index is 0.00000196. The molecule has 4 N–H and O–H groups in total. The summed E-state index contributed by atoms with van der Waals surface area (Å²) in [5.41, 5.74) is 0. The van der Waals surface area contributed by atoms with Crippen molar-refractivity contribution in [1.82, 2.24) is 0 Å². The van der Waals surface area contributed by atoms with E-state index in [9.17, 15) is 15.0 Å². The Labute approximate surface area is 108 Å². The van der Waals surface area contributed by atoms with Gasteiger partial charge in [-0.1, -0.05) is 0 Å². The van der Waals surface area contributed by atoms with E-state index in [-0.39, 0.29) is 29.6 Å². The minimum absolute atomic E-state index is 0. The van der Waals surface area contributed by atoms with Crippen LogP contribution in [0.3, 0.4) is 0 Å². The first-order chi connectivity index (χ1) is 6.49. The number of rotatable bonds is 1. The summed E-state index contributed by atoms with van der Waals surface area (Å²) in [6.45, 7) is 0. The first kappa shape index (κ1) is 15.3. The molecule has 1 aliphatic heterocycles. The summed E-state index contributed by atoms with van der Waals surface area (Å²) in [7, 11) is 1.07. The average molecular weight is 231 g/mol. The number of aliphatic hydroxyl groups excluding tert-OH is 4. The summed E-state index contributed by atoms with van der Waals surface area (Å²) >= 11 is 0. The molecule has 1 fully saturated rings. The molecule has 1 saturated heterocycles. The number of hydrogen-bond acceptors (Lipinski definition) is 7. The summed E-state index contributed by atoms with van der Waals surface area (Å²) in [6, 6.07) is 0. The first-order valence-corrected chi connectivity index (χ1v) is 3.94. The smallest absolute Gasteiger partial charge is 0.337 e. The van der Waals surface area contributed by atoms with Crippen LogP contribution in [0.4, 0.5) is 0 Å². The Morgan fingerprint density at radius 2 is 1.67 bits per heavy atom. The minimum atomic E-state index is -1.72. The average Bonchev–Trinajstić information content (AvgIpc) is 2.19. The van der Waals surface area contributed by atoms with Crippen LogP contribution < -0.4 is 0 Å². The molecule has 83 valence electrons. The number of esters is 1. The largest absolute Gasteiger partial charge is 0.467 e. The molecule has 1 aliphatic rings. The van der Waals surface area contributed by atoms with E-state index in [0.29, 0.717) is 0 Å². The maximum Gasteiger partial charge on any atom is 0.337 e. The van der Waals surface area contributed by atoms with E-state index in [2.05, 4.69) is 9.47 Å². The number of hydrogen-bond donors (Lipinski definition) is 4. The normalized spacial score (nSPS) is 40.5. The molecule has 1 rings (SSSR count).